The lowest BCUT2D eigenvalue weighted by molar-refractivity contribution is 0.583. The number of fused-ring (bicyclic) bond motifs is 3. The van der Waals surface area contributed by atoms with E-state index in [1.54, 1.807) is 0 Å². The summed E-state index contributed by atoms with van der Waals surface area (Å²) >= 11 is 5.54. The first kappa shape index (κ1) is 22.6. The van der Waals surface area contributed by atoms with Crippen molar-refractivity contribution in [2.45, 2.75) is 58.3 Å². The van der Waals surface area contributed by atoms with Crippen LogP contribution in [0.1, 0.15) is 66.8 Å². The molecule has 0 radical (unpaired) electrons. The van der Waals surface area contributed by atoms with E-state index in [4.69, 9.17) is 11.6 Å². The largest absolute Gasteiger partial charge is 0.205 e. The number of benzene rings is 3. The van der Waals surface area contributed by atoms with Crippen LogP contribution in [-0.2, 0) is 19.3 Å². The third-order valence-corrected chi connectivity index (χ3v) is 6.49. The minimum Gasteiger partial charge on any atom is -0.205 e. The summed E-state index contributed by atoms with van der Waals surface area (Å²) in [5, 5.41) is -0.498. The van der Waals surface area contributed by atoms with Crippen LogP contribution in [0.25, 0.3) is 11.1 Å². The fraction of sp³-hybridized carbons (Fsp3) is 0.310. The molecule has 0 aromatic heterocycles. The fourth-order valence-corrected chi connectivity index (χ4v) is 4.50. The number of hydrogen-bond acceptors (Lipinski definition) is 0. The lowest BCUT2D eigenvalue weighted by Crippen LogP contribution is -2.05. The van der Waals surface area contributed by atoms with Gasteiger partial charge in [-0.25, -0.2) is 8.78 Å². The number of rotatable bonds is 6. The molecule has 0 fully saturated rings. The smallest absolute Gasteiger partial charge is 0.146 e. The van der Waals surface area contributed by atoms with E-state index < -0.39 is 16.7 Å². The van der Waals surface area contributed by atoms with E-state index in [2.05, 4.69) is 49.1 Å². The topological polar surface area (TPSA) is 0 Å². The zero-order valence-electron chi connectivity index (χ0n) is 18.4. The highest BCUT2D eigenvalue weighted by Gasteiger charge is 2.16. The summed E-state index contributed by atoms with van der Waals surface area (Å²) in [5.74, 6) is 4.29. The molecule has 4 rings (SSSR count). The zero-order valence-corrected chi connectivity index (χ0v) is 19.2. The number of halogens is 3. The molecule has 3 heteroatoms. The highest BCUT2D eigenvalue weighted by molar-refractivity contribution is 6.30. The van der Waals surface area contributed by atoms with Gasteiger partial charge in [0.05, 0.1) is 0 Å². The zero-order chi connectivity index (χ0) is 22.5. The molecule has 0 spiro atoms. The van der Waals surface area contributed by atoms with Crippen molar-refractivity contribution in [1.82, 2.24) is 0 Å². The van der Waals surface area contributed by atoms with Crippen molar-refractivity contribution in [3.63, 3.8) is 0 Å². The summed E-state index contributed by atoms with van der Waals surface area (Å²) < 4.78 is 27.3. The van der Waals surface area contributed by atoms with E-state index >= 15 is 0 Å². The van der Waals surface area contributed by atoms with Gasteiger partial charge in [-0.05, 0) is 77.8 Å². The van der Waals surface area contributed by atoms with Gasteiger partial charge in [0.2, 0.25) is 0 Å². The minimum absolute atomic E-state index is 0.273. The highest BCUT2D eigenvalue weighted by Crippen LogP contribution is 2.34. The number of hydrogen-bond donors (Lipinski definition) is 0. The molecule has 1 aliphatic rings. The van der Waals surface area contributed by atoms with Crippen LogP contribution in [0.5, 0.6) is 0 Å². The van der Waals surface area contributed by atoms with Crippen LogP contribution >= 0.6 is 11.6 Å². The maximum Gasteiger partial charge on any atom is 0.146 e. The summed E-state index contributed by atoms with van der Waals surface area (Å²) in [6.45, 7) is 2.25. The van der Waals surface area contributed by atoms with Gasteiger partial charge in [0.1, 0.15) is 16.7 Å². The van der Waals surface area contributed by atoms with Gasteiger partial charge in [-0.2, -0.15) is 0 Å². The Morgan fingerprint density at radius 2 is 1.38 bits per heavy atom. The number of unbranched alkanes of at least 4 members (excludes halogenated alkanes) is 4. The second kappa shape index (κ2) is 10.3. The van der Waals surface area contributed by atoms with Crippen molar-refractivity contribution in [2.75, 3.05) is 0 Å². The van der Waals surface area contributed by atoms with Crippen LogP contribution in [0, 0.1) is 23.5 Å². The normalized spacial score (nSPS) is 12.0. The standard InChI is InChI=1S/C29H27ClF2/c1-2-3-4-5-6-7-20-10-14-25-23(16-20)12-13-24-17-21(11-15-26(24)25)8-9-22-18-27(31)29(30)28(32)19-22/h10-11,14-19H,2-7,12-13H2,1H3. The van der Waals surface area contributed by atoms with E-state index in [1.807, 2.05) is 6.07 Å². The fourth-order valence-electron chi connectivity index (χ4n) is 4.39. The molecule has 0 unspecified atom stereocenters. The van der Waals surface area contributed by atoms with Crippen molar-refractivity contribution in [3.8, 4) is 23.0 Å². The van der Waals surface area contributed by atoms with Crippen LogP contribution in [0.3, 0.4) is 0 Å². The Hall–Kier alpha value is -2.63. The molecule has 3 aromatic rings. The Balaban J connectivity index is 1.50. The average Bonchev–Trinajstić information content (AvgIpc) is 2.80. The molecule has 0 bridgehead atoms. The van der Waals surface area contributed by atoms with E-state index in [0.717, 1.165) is 37.0 Å². The molecule has 0 amide bonds. The first-order valence-corrected chi connectivity index (χ1v) is 11.8. The van der Waals surface area contributed by atoms with Gasteiger partial charge in [0.15, 0.2) is 0 Å². The predicted molar refractivity (Wildman–Crippen MR) is 129 cm³/mol. The van der Waals surface area contributed by atoms with Gasteiger partial charge in [-0.3, -0.25) is 0 Å². The van der Waals surface area contributed by atoms with Crippen LogP contribution in [0.4, 0.5) is 8.78 Å². The SMILES string of the molecule is CCCCCCCc1ccc2c(c1)CCc1cc(C#Cc3cc(F)c(Cl)c(F)c3)ccc1-2. The lowest BCUT2D eigenvalue weighted by Gasteiger charge is -2.21. The molecule has 0 nitrogen and oxygen atoms in total. The summed E-state index contributed by atoms with van der Waals surface area (Å²) in [7, 11) is 0. The van der Waals surface area contributed by atoms with Gasteiger partial charge < -0.3 is 0 Å². The van der Waals surface area contributed by atoms with Gasteiger partial charge in [-0.1, -0.05) is 80.3 Å². The second-order valence-corrected chi connectivity index (χ2v) is 8.91. The monoisotopic (exact) mass is 448 g/mol. The lowest BCUT2D eigenvalue weighted by atomic mass is 9.83. The molecule has 0 aliphatic heterocycles. The molecule has 0 atom stereocenters. The molecule has 3 aromatic carbocycles. The maximum absolute atomic E-state index is 13.6. The van der Waals surface area contributed by atoms with Crippen molar-refractivity contribution in [1.29, 1.82) is 0 Å². The maximum atomic E-state index is 13.6. The third-order valence-electron chi connectivity index (χ3n) is 6.13. The minimum atomic E-state index is -0.793. The van der Waals surface area contributed by atoms with Crippen LogP contribution < -0.4 is 0 Å². The highest BCUT2D eigenvalue weighted by atomic mass is 35.5. The Morgan fingerprint density at radius 3 is 2.09 bits per heavy atom. The Kier molecular flexibility index (Phi) is 7.28. The molecule has 0 saturated carbocycles. The van der Waals surface area contributed by atoms with Gasteiger partial charge in [0.25, 0.3) is 0 Å². The molecule has 164 valence electrons. The first-order valence-electron chi connectivity index (χ1n) is 11.5. The van der Waals surface area contributed by atoms with E-state index in [1.165, 1.54) is 59.9 Å². The van der Waals surface area contributed by atoms with Crippen LogP contribution in [-0.4, -0.2) is 0 Å². The molecule has 1 aliphatic carbocycles. The molecule has 0 N–H and O–H groups in total. The van der Waals surface area contributed by atoms with E-state index in [0.29, 0.717) is 0 Å². The Bertz CT molecular complexity index is 1160. The molecular weight excluding hydrogens is 422 g/mol. The van der Waals surface area contributed by atoms with E-state index in [-0.39, 0.29) is 5.56 Å². The number of aryl methyl sites for hydroxylation is 3. The Morgan fingerprint density at radius 1 is 0.750 bits per heavy atom. The third kappa shape index (κ3) is 5.22. The summed E-state index contributed by atoms with van der Waals surface area (Å²) in [6, 6.07) is 15.4. The Labute approximate surface area is 194 Å². The summed E-state index contributed by atoms with van der Waals surface area (Å²) in [5.41, 5.74) is 7.81. The van der Waals surface area contributed by atoms with Crippen molar-refractivity contribution >= 4 is 11.6 Å². The van der Waals surface area contributed by atoms with Gasteiger partial charge in [-0.15, -0.1) is 0 Å². The molecule has 0 heterocycles. The molecule has 32 heavy (non-hydrogen) atoms. The van der Waals surface area contributed by atoms with E-state index in [9.17, 15) is 8.78 Å². The molecule has 0 saturated heterocycles. The van der Waals surface area contributed by atoms with Crippen molar-refractivity contribution in [2.24, 2.45) is 0 Å². The molecular formula is C29H27ClF2. The van der Waals surface area contributed by atoms with Gasteiger partial charge >= 0.3 is 0 Å². The van der Waals surface area contributed by atoms with Crippen LogP contribution in [0.15, 0.2) is 48.5 Å². The van der Waals surface area contributed by atoms with Crippen molar-refractivity contribution < 1.29 is 8.78 Å². The second-order valence-electron chi connectivity index (χ2n) is 8.53. The van der Waals surface area contributed by atoms with Crippen LogP contribution in [0.2, 0.25) is 5.02 Å². The van der Waals surface area contributed by atoms with Crippen molar-refractivity contribution in [3.05, 3.63) is 93.0 Å². The quantitative estimate of drug-likeness (QED) is 0.202. The van der Waals surface area contributed by atoms with Gasteiger partial charge in [0, 0.05) is 11.1 Å². The summed E-state index contributed by atoms with van der Waals surface area (Å²) in [4.78, 5) is 0. The average molecular weight is 449 g/mol. The first-order chi connectivity index (χ1) is 15.5. The predicted octanol–water partition coefficient (Wildman–Crippen LogP) is 8.30. The summed E-state index contributed by atoms with van der Waals surface area (Å²) in [6.07, 6.45) is 9.68.